The molecule has 1 amide bonds. The van der Waals surface area contributed by atoms with E-state index in [0.717, 1.165) is 12.0 Å². The van der Waals surface area contributed by atoms with Gasteiger partial charge < -0.3 is 14.4 Å². The molecule has 0 fully saturated rings. The van der Waals surface area contributed by atoms with Crippen LogP contribution >= 0.6 is 0 Å². The Morgan fingerprint density at radius 3 is 2.49 bits per heavy atom. The van der Waals surface area contributed by atoms with Gasteiger partial charge in [0.25, 0.3) is 5.91 Å². The van der Waals surface area contributed by atoms with Crippen molar-refractivity contribution in [1.82, 2.24) is 9.88 Å². The number of likely N-dealkylation sites (N-methyl/N-ethyl adjacent to an activating group) is 1. The molecule has 0 N–H and O–H groups in total. The standard InChI is InChI=1S/C27H33F4N3O3/c1-8-17(4)33-20(7)37-19(6)24-16(3)11-10-12-22(24)26(35)34(9-2)18(5)15-36-25-23(28)13-21(14-32-25)27(29,30)31/h10-14,17-18H,6,8-9,15H2,1-5,7H3. The number of aryl methyl sites for hydroxylation is 1. The zero-order chi connectivity index (χ0) is 27.9. The molecule has 0 aliphatic rings. The fourth-order valence-corrected chi connectivity index (χ4v) is 3.66. The van der Waals surface area contributed by atoms with Crippen molar-refractivity contribution < 1.29 is 31.8 Å². The molecule has 2 atom stereocenters. The lowest BCUT2D eigenvalue weighted by Gasteiger charge is -2.29. The van der Waals surface area contributed by atoms with Gasteiger partial charge in [0, 0.05) is 25.2 Å². The van der Waals surface area contributed by atoms with Crippen molar-refractivity contribution in [3.8, 4) is 5.88 Å². The van der Waals surface area contributed by atoms with Gasteiger partial charge in [0.1, 0.15) is 12.4 Å². The normalized spacial score (nSPS) is 13.6. The number of hydrogen-bond donors (Lipinski definition) is 0. The first-order valence-corrected chi connectivity index (χ1v) is 12.0. The quantitative estimate of drug-likeness (QED) is 0.151. The number of alkyl halides is 3. The van der Waals surface area contributed by atoms with Crippen LogP contribution in [-0.2, 0) is 10.9 Å². The maximum absolute atomic E-state index is 14.1. The summed E-state index contributed by atoms with van der Waals surface area (Å²) < 4.78 is 63.6. The Morgan fingerprint density at radius 1 is 1.24 bits per heavy atom. The highest BCUT2D eigenvalue weighted by Gasteiger charge is 2.32. The summed E-state index contributed by atoms with van der Waals surface area (Å²) in [7, 11) is 0. The first kappa shape index (κ1) is 29.8. The molecule has 202 valence electrons. The largest absolute Gasteiger partial charge is 0.473 e. The van der Waals surface area contributed by atoms with Gasteiger partial charge in [-0.3, -0.25) is 9.79 Å². The van der Waals surface area contributed by atoms with Crippen LogP contribution in [0.5, 0.6) is 5.88 Å². The highest BCUT2D eigenvalue weighted by Crippen LogP contribution is 2.31. The second-order valence-electron chi connectivity index (χ2n) is 8.69. The van der Waals surface area contributed by atoms with E-state index in [0.29, 0.717) is 35.8 Å². The summed E-state index contributed by atoms with van der Waals surface area (Å²) in [5, 5.41) is 0. The van der Waals surface area contributed by atoms with Gasteiger partial charge in [0.15, 0.2) is 11.7 Å². The second-order valence-corrected chi connectivity index (χ2v) is 8.69. The maximum atomic E-state index is 14.1. The SMILES string of the molecule is C=C(OC(C)=NC(C)CC)c1c(C)cccc1C(=O)N(CC)C(C)COc1ncc(C(F)(F)F)cc1F. The van der Waals surface area contributed by atoms with Gasteiger partial charge in [0.2, 0.25) is 5.88 Å². The van der Waals surface area contributed by atoms with Crippen LogP contribution in [0.3, 0.4) is 0 Å². The lowest BCUT2D eigenvalue weighted by atomic mass is 9.99. The van der Waals surface area contributed by atoms with Crippen molar-refractivity contribution >= 4 is 17.6 Å². The van der Waals surface area contributed by atoms with E-state index in [2.05, 4.69) is 16.6 Å². The lowest BCUT2D eigenvalue weighted by molar-refractivity contribution is -0.138. The fourth-order valence-electron chi connectivity index (χ4n) is 3.66. The third-order valence-electron chi connectivity index (χ3n) is 5.78. The van der Waals surface area contributed by atoms with Crippen molar-refractivity contribution in [2.45, 2.75) is 66.2 Å². The number of carbonyl (C=O) groups is 1. The number of benzene rings is 1. The number of rotatable bonds is 10. The van der Waals surface area contributed by atoms with Crippen molar-refractivity contribution in [3.05, 3.63) is 65.1 Å². The summed E-state index contributed by atoms with van der Waals surface area (Å²) in [6.07, 6.45) is -3.37. The van der Waals surface area contributed by atoms with Crippen LogP contribution in [0.25, 0.3) is 5.76 Å². The molecule has 2 rings (SSSR count). The molecule has 10 heteroatoms. The minimum absolute atomic E-state index is 0.0752. The van der Waals surface area contributed by atoms with Gasteiger partial charge in [-0.05, 0) is 51.8 Å². The van der Waals surface area contributed by atoms with E-state index in [1.807, 2.05) is 26.8 Å². The van der Waals surface area contributed by atoms with Gasteiger partial charge in [-0.15, -0.1) is 0 Å². The Labute approximate surface area is 215 Å². The first-order chi connectivity index (χ1) is 17.3. The Hall–Kier alpha value is -3.43. The Kier molecular flexibility index (Phi) is 10.2. The molecule has 1 aromatic heterocycles. The van der Waals surface area contributed by atoms with Gasteiger partial charge in [-0.2, -0.15) is 13.2 Å². The molecule has 0 saturated carbocycles. The van der Waals surface area contributed by atoms with Crippen molar-refractivity contribution in [2.24, 2.45) is 4.99 Å². The molecule has 0 bridgehead atoms. The topological polar surface area (TPSA) is 64.0 Å². The number of carbonyl (C=O) groups excluding carboxylic acids is 1. The molecule has 0 saturated heterocycles. The number of pyridine rings is 1. The molecule has 0 aliphatic heterocycles. The Bertz CT molecular complexity index is 1150. The van der Waals surface area contributed by atoms with Gasteiger partial charge in [0.05, 0.1) is 23.2 Å². The zero-order valence-electron chi connectivity index (χ0n) is 21.9. The number of amides is 1. The number of halogens is 4. The van der Waals surface area contributed by atoms with Crippen LogP contribution in [0.1, 0.15) is 68.1 Å². The summed E-state index contributed by atoms with van der Waals surface area (Å²) in [6, 6.07) is 5.09. The van der Waals surface area contributed by atoms with E-state index in [4.69, 9.17) is 9.47 Å². The van der Waals surface area contributed by atoms with E-state index >= 15 is 0 Å². The van der Waals surface area contributed by atoms with Crippen LogP contribution in [0, 0.1) is 12.7 Å². The predicted molar refractivity (Wildman–Crippen MR) is 135 cm³/mol. The van der Waals surface area contributed by atoms with Crippen molar-refractivity contribution in [2.75, 3.05) is 13.2 Å². The van der Waals surface area contributed by atoms with Crippen LogP contribution in [0.2, 0.25) is 0 Å². The van der Waals surface area contributed by atoms with Crippen molar-refractivity contribution in [3.63, 3.8) is 0 Å². The average Bonchev–Trinajstić information content (AvgIpc) is 2.82. The van der Waals surface area contributed by atoms with Gasteiger partial charge in [-0.1, -0.05) is 25.6 Å². The molecule has 0 radical (unpaired) electrons. The molecule has 1 aromatic carbocycles. The maximum Gasteiger partial charge on any atom is 0.417 e. The number of aromatic nitrogens is 1. The summed E-state index contributed by atoms with van der Waals surface area (Å²) in [5.74, 6) is -1.43. The zero-order valence-corrected chi connectivity index (χ0v) is 21.9. The molecule has 0 spiro atoms. The minimum Gasteiger partial charge on any atom is -0.473 e. The molecular weight excluding hydrogens is 490 g/mol. The van der Waals surface area contributed by atoms with Crippen LogP contribution in [0.15, 0.2) is 42.0 Å². The Balaban J connectivity index is 2.23. The number of hydrogen-bond acceptors (Lipinski definition) is 5. The smallest absolute Gasteiger partial charge is 0.417 e. The van der Waals surface area contributed by atoms with Gasteiger partial charge >= 0.3 is 6.18 Å². The minimum atomic E-state index is -4.72. The van der Waals surface area contributed by atoms with E-state index in [9.17, 15) is 22.4 Å². The monoisotopic (exact) mass is 523 g/mol. The van der Waals surface area contributed by atoms with Crippen LogP contribution in [-0.4, -0.2) is 46.9 Å². The summed E-state index contributed by atoms with van der Waals surface area (Å²) >= 11 is 0. The predicted octanol–water partition coefficient (Wildman–Crippen LogP) is 6.68. The highest BCUT2D eigenvalue weighted by atomic mass is 19.4. The molecule has 0 aliphatic carbocycles. The molecule has 6 nitrogen and oxygen atoms in total. The molecule has 37 heavy (non-hydrogen) atoms. The summed E-state index contributed by atoms with van der Waals surface area (Å²) in [4.78, 5) is 23.0. The summed E-state index contributed by atoms with van der Waals surface area (Å²) in [6.45, 7) is 15.1. The fraction of sp³-hybridized carbons (Fsp3) is 0.444. The van der Waals surface area contributed by atoms with Gasteiger partial charge in [-0.25, -0.2) is 9.37 Å². The van der Waals surface area contributed by atoms with E-state index in [1.54, 1.807) is 32.9 Å². The second kappa shape index (κ2) is 12.7. The molecule has 2 unspecified atom stereocenters. The van der Waals surface area contributed by atoms with E-state index in [-0.39, 0.29) is 24.3 Å². The molecule has 1 heterocycles. The highest BCUT2D eigenvalue weighted by molar-refractivity contribution is 6.00. The Morgan fingerprint density at radius 2 is 1.92 bits per heavy atom. The molecule has 2 aromatic rings. The van der Waals surface area contributed by atoms with E-state index in [1.165, 1.54) is 4.90 Å². The summed E-state index contributed by atoms with van der Waals surface area (Å²) in [5.41, 5.74) is 0.458. The number of nitrogens with zero attached hydrogens (tertiary/aromatic N) is 3. The van der Waals surface area contributed by atoms with E-state index < -0.39 is 29.5 Å². The van der Waals surface area contributed by atoms with Crippen molar-refractivity contribution in [1.29, 1.82) is 0 Å². The molecular formula is C27H33F4N3O3. The first-order valence-electron chi connectivity index (χ1n) is 12.0. The number of ether oxygens (including phenoxy) is 2. The lowest BCUT2D eigenvalue weighted by Crippen LogP contribution is -2.42. The third kappa shape index (κ3) is 7.77. The third-order valence-corrected chi connectivity index (χ3v) is 5.78. The van der Waals surface area contributed by atoms with Crippen LogP contribution < -0.4 is 4.74 Å². The number of aliphatic imine (C=N–C) groups is 1. The van der Waals surface area contributed by atoms with Crippen LogP contribution in [0.4, 0.5) is 17.6 Å². The average molecular weight is 524 g/mol.